The van der Waals surface area contributed by atoms with Crippen LogP contribution in [0.1, 0.15) is 97.8 Å². The molecule has 0 amide bonds. The van der Waals surface area contributed by atoms with Crippen molar-refractivity contribution in [1.29, 1.82) is 0 Å². The van der Waals surface area contributed by atoms with E-state index >= 15 is 0 Å². The molecule has 0 aromatic rings. The van der Waals surface area contributed by atoms with E-state index in [2.05, 4.69) is 27.3 Å². The zero-order valence-electron chi connectivity index (χ0n) is 16.3. The first-order chi connectivity index (χ1) is 11.2. The van der Waals surface area contributed by atoms with E-state index in [1.54, 1.807) is 0 Å². The van der Waals surface area contributed by atoms with Crippen molar-refractivity contribution < 1.29 is 13.3 Å². The topological polar surface area (TPSA) is 27.7 Å². The Morgan fingerprint density at radius 1 is 0.478 bits per heavy atom. The average molecular weight is 347 g/mol. The van der Waals surface area contributed by atoms with Crippen LogP contribution in [0, 0.1) is 0 Å². The molecular weight excluding hydrogens is 304 g/mol. The van der Waals surface area contributed by atoms with Gasteiger partial charge in [-0.1, -0.05) is 78.6 Å². The number of hydrogen-bond acceptors (Lipinski definition) is 3. The highest BCUT2D eigenvalue weighted by Gasteiger charge is 2.34. The molecule has 0 aliphatic rings. The summed E-state index contributed by atoms with van der Waals surface area (Å²) < 4.78 is 18.3. The van der Waals surface area contributed by atoms with Gasteiger partial charge >= 0.3 is 8.80 Å². The van der Waals surface area contributed by atoms with Gasteiger partial charge in [0.1, 0.15) is 0 Å². The lowest BCUT2D eigenvalue weighted by Crippen LogP contribution is -2.43. The summed E-state index contributed by atoms with van der Waals surface area (Å²) >= 11 is 0. The maximum Gasteiger partial charge on any atom is 0.497 e. The Hall–Kier alpha value is 0.0969. The normalized spacial score (nSPS) is 12.0. The van der Waals surface area contributed by atoms with Gasteiger partial charge in [0.15, 0.2) is 0 Å². The van der Waals surface area contributed by atoms with Crippen LogP contribution < -0.4 is 0 Å². The van der Waals surface area contributed by atoms with Gasteiger partial charge < -0.3 is 13.3 Å². The fourth-order valence-electron chi connectivity index (χ4n) is 2.48. The van der Waals surface area contributed by atoms with Crippen LogP contribution in [0.25, 0.3) is 0 Å². The maximum atomic E-state index is 6.08. The Balaban J connectivity index is 4.00. The van der Waals surface area contributed by atoms with E-state index in [1.807, 2.05) is 0 Å². The van der Waals surface area contributed by atoms with E-state index in [0.717, 1.165) is 39.1 Å². The standard InChI is InChI=1S/C19H42O3Si/c1-5-8-11-14-17-20-23(4,21-18-15-12-9-6-2)22-19-16-13-10-7-3/h5-19H2,1-4H3. The Morgan fingerprint density at radius 2 is 0.783 bits per heavy atom. The molecule has 3 nitrogen and oxygen atoms in total. The van der Waals surface area contributed by atoms with Crippen molar-refractivity contribution >= 4 is 8.80 Å². The van der Waals surface area contributed by atoms with Gasteiger partial charge in [0.25, 0.3) is 0 Å². The molecule has 140 valence electrons. The van der Waals surface area contributed by atoms with Gasteiger partial charge in [0.2, 0.25) is 0 Å². The maximum absolute atomic E-state index is 6.08. The van der Waals surface area contributed by atoms with Crippen LogP contribution in [0.5, 0.6) is 0 Å². The second kappa shape index (κ2) is 16.9. The fourth-order valence-corrected chi connectivity index (χ4v) is 4.28. The molecule has 0 bridgehead atoms. The second-order valence-electron chi connectivity index (χ2n) is 6.59. The molecule has 0 rings (SSSR count). The molecule has 0 N–H and O–H groups in total. The van der Waals surface area contributed by atoms with Crippen LogP contribution in [0.15, 0.2) is 0 Å². The highest BCUT2D eigenvalue weighted by atomic mass is 28.4. The third kappa shape index (κ3) is 15.4. The minimum Gasteiger partial charge on any atom is -0.374 e. The molecule has 0 saturated heterocycles. The first kappa shape index (κ1) is 23.1. The van der Waals surface area contributed by atoms with E-state index in [-0.39, 0.29) is 0 Å². The number of unbranched alkanes of at least 4 members (excludes halogenated alkanes) is 9. The molecule has 0 radical (unpaired) electrons. The molecule has 0 aliphatic heterocycles. The largest absolute Gasteiger partial charge is 0.497 e. The van der Waals surface area contributed by atoms with E-state index in [1.165, 1.54) is 57.8 Å². The number of rotatable bonds is 18. The van der Waals surface area contributed by atoms with Crippen LogP contribution in [0.4, 0.5) is 0 Å². The minimum absolute atomic E-state index is 0.784. The summed E-state index contributed by atoms with van der Waals surface area (Å²) in [5.41, 5.74) is 0. The van der Waals surface area contributed by atoms with Crippen LogP contribution >= 0.6 is 0 Å². The molecule has 4 heteroatoms. The van der Waals surface area contributed by atoms with Gasteiger partial charge in [-0.3, -0.25) is 0 Å². The Morgan fingerprint density at radius 3 is 1.04 bits per heavy atom. The van der Waals surface area contributed by atoms with E-state index in [9.17, 15) is 0 Å². The van der Waals surface area contributed by atoms with Crippen molar-refractivity contribution in [1.82, 2.24) is 0 Å². The highest BCUT2D eigenvalue weighted by Crippen LogP contribution is 2.14. The number of hydrogen-bond donors (Lipinski definition) is 0. The molecule has 0 atom stereocenters. The van der Waals surface area contributed by atoms with Gasteiger partial charge in [0, 0.05) is 26.4 Å². The van der Waals surface area contributed by atoms with Crippen LogP contribution in [0.3, 0.4) is 0 Å². The minimum atomic E-state index is -2.43. The summed E-state index contributed by atoms with van der Waals surface area (Å²) in [6.07, 6.45) is 14.7. The molecule has 0 unspecified atom stereocenters. The molecule has 0 spiro atoms. The fraction of sp³-hybridized carbons (Fsp3) is 1.00. The molecule has 0 heterocycles. The molecule has 0 saturated carbocycles. The Kier molecular flexibility index (Phi) is 17.0. The Bertz CT molecular complexity index is 201. The zero-order valence-corrected chi connectivity index (χ0v) is 17.3. The summed E-state index contributed by atoms with van der Waals surface area (Å²) in [4.78, 5) is 0. The van der Waals surface area contributed by atoms with Gasteiger partial charge in [-0.15, -0.1) is 0 Å². The lowest BCUT2D eigenvalue weighted by atomic mass is 10.2. The SMILES string of the molecule is CCCCCCO[Si](C)(OCCCCCC)OCCCCCC. The van der Waals surface area contributed by atoms with E-state index in [4.69, 9.17) is 13.3 Å². The lowest BCUT2D eigenvalue weighted by Gasteiger charge is -2.26. The summed E-state index contributed by atoms with van der Waals surface area (Å²) in [5, 5.41) is 0. The van der Waals surface area contributed by atoms with Crippen molar-refractivity contribution in [2.45, 2.75) is 104 Å². The lowest BCUT2D eigenvalue weighted by molar-refractivity contribution is 0.0617. The van der Waals surface area contributed by atoms with Crippen molar-refractivity contribution in [3.8, 4) is 0 Å². The van der Waals surface area contributed by atoms with Crippen LogP contribution in [0.2, 0.25) is 6.55 Å². The second-order valence-corrected chi connectivity index (χ2v) is 9.18. The van der Waals surface area contributed by atoms with Gasteiger partial charge in [-0.2, -0.15) is 0 Å². The molecule has 23 heavy (non-hydrogen) atoms. The summed E-state index contributed by atoms with van der Waals surface area (Å²) in [6.45, 7) is 11.1. The van der Waals surface area contributed by atoms with Gasteiger partial charge in [-0.05, 0) is 19.3 Å². The predicted molar refractivity (Wildman–Crippen MR) is 102 cm³/mol. The van der Waals surface area contributed by atoms with Crippen molar-refractivity contribution in [2.24, 2.45) is 0 Å². The monoisotopic (exact) mass is 346 g/mol. The van der Waals surface area contributed by atoms with Crippen molar-refractivity contribution in [3.05, 3.63) is 0 Å². The molecule has 0 fully saturated rings. The van der Waals surface area contributed by atoms with Gasteiger partial charge in [0.05, 0.1) is 0 Å². The first-order valence-electron chi connectivity index (χ1n) is 10.1. The highest BCUT2D eigenvalue weighted by molar-refractivity contribution is 6.59. The van der Waals surface area contributed by atoms with E-state index < -0.39 is 8.80 Å². The third-order valence-corrected chi connectivity index (χ3v) is 6.27. The summed E-state index contributed by atoms with van der Waals surface area (Å²) in [5.74, 6) is 0. The average Bonchev–Trinajstić information content (AvgIpc) is 2.54. The quantitative estimate of drug-likeness (QED) is 0.214. The Labute approximate surface area is 146 Å². The summed E-state index contributed by atoms with van der Waals surface area (Å²) in [6, 6.07) is 0. The first-order valence-corrected chi connectivity index (χ1v) is 12.3. The molecular formula is C19H42O3Si. The molecule has 0 aliphatic carbocycles. The molecule has 0 aromatic carbocycles. The van der Waals surface area contributed by atoms with Crippen LogP contribution in [-0.2, 0) is 13.3 Å². The smallest absolute Gasteiger partial charge is 0.374 e. The van der Waals surface area contributed by atoms with Crippen molar-refractivity contribution in [3.63, 3.8) is 0 Å². The molecule has 0 aromatic heterocycles. The third-order valence-electron chi connectivity index (χ3n) is 4.09. The van der Waals surface area contributed by atoms with Crippen LogP contribution in [-0.4, -0.2) is 28.6 Å². The zero-order chi connectivity index (χ0) is 17.2. The van der Waals surface area contributed by atoms with Crippen molar-refractivity contribution in [2.75, 3.05) is 19.8 Å². The predicted octanol–water partition coefficient (Wildman–Crippen LogP) is 6.35. The summed E-state index contributed by atoms with van der Waals surface area (Å²) in [7, 11) is -2.43. The van der Waals surface area contributed by atoms with E-state index in [0.29, 0.717) is 0 Å². The van der Waals surface area contributed by atoms with Gasteiger partial charge in [-0.25, -0.2) is 0 Å².